The standard InChI is InChI=1S/C28H28FN5O3/c1-16(2)11-23(33(3)25(35)22-12-17-7-6-9-20(29)24(17)31-22)26(36)34-15-28(13-18(34)14-30)19-8-4-5-10-21(19)32-27(28)37/h4-10,12,16,18,23,31H,11,13,15H2,1-3H3,(H,32,37)/t18-,23-,28-/m0/s1. The molecule has 3 amide bonds. The minimum atomic E-state index is -1.01. The van der Waals surface area contributed by atoms with Crippen molar-refractivity contribution in [2.75, 3.05) is 18.9 Å². The molecular weight excluding hydrogens is 473 g/mol. The first-order valence-electron chi connectivity index (χ1n) is 12.3. The number of aromatic nitrogens is 1. The SMILES string of the molecule is CC(C)C[C@@H](C(=O)N1C[C@]2(C[C@H]1C#N)C(=O)Nc1ccccc12)N(C)C(=O)c1cc2cccc(F)c2[nH]1. The first kappa shape index (κ1) is 24.5. The number of hydrogen-bond donors (Lipinski definition) is 2. The second kappa shape index (κ2) is 9.04. The molecule has 9 heteroatoms. The van der Waals surface area contributed by atoms with Gasteiger partial charge >= 0.3 is 0 Å². The number of anilines is 1. The van der Waals surface area contributed by atoms with Crippen molar-refractivity contribution in [3.8, 4) is 6.07 Å². The number of rotatable bonds is 5. The number of amides is 3. The van der Waals surface area contributed by atoms with Crippen molar-refractivity contribution in [2.45, 2.75) is 44.2 Å². The van der Waals surface area contributed by atoms with E-state index in [0.29, 0.717) is 17.5 Å². The highest BCUT2D eigenvalue weighted by Gasteiger charge is 2.56. The van der Waals surface area contributed by atoms with E-state index in [4.69, 9.17) is 0 Å². The number of H-pyrrole nitrogens is 1. The molecule has 0 unspecified atom stereocenters. The molecule has 1 spiro atoms. The summed E-state index contributed by atoms with van der Waals surface area (Å²) in [5.41, 5.74) is 0.855. The van der Waals surface area contributed by atoms with Crippen molar-refractivity contribution in [1.82, 2.24) is 14.8 Å². The van der Waals surface area contributed by atoms with Crippen molar-refractivity contribution in [1.29, 1.82) is 5.26 Å². The number of aromatic amines is 1. The predicted molar refractivity (Wildman–Crippen MR) is 136 cm³/mol. The van der Waals surface area contributed by atoms with Crippen LogP contribution in [0.25, 0.3) is 10.9 Å². The van der Waals surface area contributed by atoms with Crippen molar-refractivity contribution in [2.24, 2.45) is 5.92 Å². The zero-order valence-corrected chi connectivity index (χ0v) is 20.9. The summed E-state index contributed by atoms with van der Waals surface area (Å²) in [6.45, 7) is 3.96. The maximum absolute atomic E-state index is 14.2. The van der Waals surface area contributed by atoms with Crippen LogP contribution < -0.4 is 5.32 Å². The van der Waals surface area contributed by atoms with E-state index >= 15 is 0 Å². The van der Waals surface area contributed by atoms with Crippen LogP contribution >= 0.6 is 0 Å². The lowest BCUT2D eigenvalue weighted by Gasteiger charge is -2.33. The van der Waals surface area contributed by atoms with Crippen LogP contribution in [0.15, 0.2) is 48.5 Å². The summed E-state index contributed by atoms with van der Waals surface area (Å²) in [4.78, 5) is 46.2. The molecule has 0 saturated carbocycles. The normalized spacial score (nSPS) is 21.2. The Morgan fingerprint density at radius 1 is 1.24 bits per heavy atom. The number of nitriles is 1. The van der Waals surface area contributed by atoms with Crippen LogP contribution in [0.3, 0.4) is 0 Å². The largest absolute Gasteiger partial charge is 0.348 e. The summed E-state index contributed by atoms with van der Waals surface area (Å²) in [7, 11) is 1.54. The molecule has 1 fully saturated rings. The van der Waals surface area contributed by atoms with Crippen LogP contribution in [0, 0.1) is 23.1 Å². The molecule has 2 aliphatic heterocycles. The molecule has 0 aliphatic carbocycles. The maximum atomic E-state index is 14.2. The van der Waals surface area contributed by atoms with Gasteiger partial charge in [-0.3, -0.25) is 14.4 Å². The first-order valence-corrected chi connectivity index (χ1v) is 12.3. The van der Waals surface area contributed by atoms with Crippen molar-refractivity contribution >= 4 is 34.3 Å². The second-order valence-electron chi connectivity index (χ2n) is 10.3. The zero-order valence-electron chi connectivity index (χ0n) is 20.9. The fraction of sp³-hybridized carbons (Fsp3) is 0.357. The summed E-state index contributed by atoms with van der Waals surface area (Å²) in [5, 5.41) is 13.4. The Morgan fingerprint density at radius 3 is 2.70 bits per heavy atom. The van der Waals surface area contributed by atoms with E-state index < -0.39 is 29.2 Å². The van der Waals surface area contributed by atoms with Gasteiger partial charge in [-0.15, -0.1) is 0 Å². The highest BCUT2D eigenvalue weighted by molar-refractivity contribution is 6.07. The Balaban J connectivity index is 1.46. The van der Waals surface area contributed by atoms with Gasteiger partial charge in [0, 0.05) is 31.1 Å². The third-order valence-electron chi connectivity index (χ3n) is 7.52. The van der Waals surface area contributed by atoms with Gasteiger partial charge in [-0.1, -0.05) is 44.2 Å². The van der Waals surface area contributed by atoms with E-state index in [2.05, 4.69) is 16.4 Å². The fourth-order valence-electron chi connectivity index (χ4n) is 5.61. The average molecular weight is 502 g/mol. The minimum Gasteiger partial charge on any atom is -0.348 e. The number of nitrogens with zero attached hydrogens (tertiary/aromatic N) is 3. The van der Waals surface area contributed by atoms with E-state index in [0.717, 1.165) is 5.56 Å². The van der Waals surface area contributed by atoms with Gasteiger partial charge in [0.25, 0.3) is 5.91 Å². The van der Waals surface area contributed by atoms with Gasteiger partial charge in [0.05, 0.1) is 17.0 Å². The van der Waals surface area contributed by atoms with Crippen molar-refractivity contribution in [3.63, 3.8) is 0 Å². The quantitative estimate of drug-likeness (QED) is 0.554. The van der Waals surface area contributed by atoms with Crippen molar-refractivity contribution < 1.29 is 18.8 Å². The van der Waals surface area contributed by atoms with Gasteiger partial charge in [0.1, 0.15) is 23.6 Å². The van der Waals surface area contributed by atoms with Crippen molar-refractivity contribution in [3.05, 3.63) is 65.6 Å². The average Bonchev–Trinajstić information content (AvgIpc) is 3.56. The molecule has 0 bridgehead atoms. The van der Waals surface area contributed by atoms with Gasteiger partial charge in [-0.05, 0) is 36.1 Å². The Bertz CT molecular complexity index is 1460. The van der Waals surface area contributed by atoms with Gasteiger partial charge in [0.2, 0.25) is 11.8 Å². The number of carbonyl (C=O) groups excluding carboxylic acids is 3. The van der Waals surface area contributed by atoms with E-state index in [1.165, 1.54) is 15.9 Å². The molecule has 5 rings (SSSR count). The van der Waals surface area contributed by atoms with E-state index in [1.54, 1.807) is 25.2 Å². The van der Waals surface area contributed by atoms with Crippen LogP contribution in [-0.2, 0) is 15.0 Å². The number of likely N-dealkylation sites (tertiary alicyclic amines) is 1. The first-order chi connectivity index (χ1) is 17.7. The van der Waals surface area contributed by atoms with Crippen LogP contribution in [0.2, 0.25) is 0 Å². The molecule has 2 N–H and O–H groups in total. The molecule has 3 atom stereocenters. The smallest absolute Gasteiger partial charge is 0.270 e. The zero-order chi connectivity index (χ0) is 26.5. The van der Waals surface area contributed by atoms with Crippen LogP contribution in [0.1, 0.15) is 42.7 Å². The monoisotopic (exact) mass is 501 g/mol. The number of fused-ring (bicyclic) bond motifs is 3. The molecule has 3 heterocycles. The Kier molecular flexibility index (Phi) is 5.98. The van der Waals surface area contributed by atoms with Gasteiger partial charge < -0.3 is 20.1 Å². The summed E-state index contributed by atoms with van der Waals surface area (Å²) in [5.74, 6) is -1.47. The number of para-hydroxylation sites is 2. The number of hydrogen-bond acceptors (Lipinski definition) is 4. The second-order valence-corrected chi connectivity index (χ2v) is 10.3. The highest BCUT2D eigenvalue weighted by atomic mass is 19.1. The number of nitrogens with one attached hydrogen (secondary N) is 2. The van der Waals surface area contributed by atoms with Crippen LogP contribution in [0.5, 0.6) is 0 Å². The third kappa shape index (κ3) is 3.93. The molecule has 8 nitrogen and oxygen atoms in total. The highest BCUT2D eigenvalue weighted by Crippen LogP contribution is 2.46. The number of benzene rings is 2. The van der Waals surface area contributed by atoms with E-state index in [-0.39, 0.29) is 41.9 Å². The van der Waals surface area contributed by atoms with E-state index in [9.17, 15) is 24.0 Å². The maximum Gasteiger partial charge on any atom is 0.270 e. The van der Waals surface area contributed by atoms with Crippen LogP contribution in [-0.4, -0.2) is 58.2 Å². The molecule has 2 aromatic carbocycles. The molecule has 3 aromatic rings. The van der Waals surface area contributed by atoms with Gasteiger partial charge in [0.15, 0.2) is 0 Å². The molecule has 0 radical (unpaired) electrons. The molecular formula is C28H28FN5O3. The Hall–Kier alpha value is -4.19. The Morgan fingerprint density at radius 2 is 2.00 bits per heavy atom. The fourth-order valence-corrected chi connectivity index (χ4v) is 5.61. The van der Waals surface area contributed by atoms with Crippen LogP contribution in [0.4, 0.5) is 10.1 Å². The lowest BCUT2D eigenvalue weighted by Crippen LogP contribution is -2.52. The molecule has 1 aromatic heterocycles. The minimum absolute atomic E-state index is 0.0567. The predicted octanol–water partition coefficient (Wildman–Crippen LogP) is 3.81. The van der Waals surface area contributed by atoms with Gasteiger partial charge in [-0.2, -0.15) is 5.26 Å². The number of likely N-dealkylation sites (N-methyl/N-ethyl adjacent to an activating group) is 1. The molecule has 37 heavy (non-hydrogen) atoms. The summed E-state index contributed by atoms with van der Waals surface area (Å²) >= 11 is 0. The van der Waals surface area contributed by atoms with E-state index in [1.807, 2.05) is 38.1 Å². The number of carbonyl (C=O) groups is 3. The summed E-state index contributed by atoms with van der Waals surface area (Å²) in [6, 6.07) is 14.0. The van der Waals surface area contributed by atoms with Gasteiger partial charge in [-0.25, -0.2) is 4.39 Å². The topological polar surface area (TPSA) is 109 Å². The third-order valence-corrected chi connectivity index (χ3v) is 7.52. The summed E-state index contributed by atoms with van der Waals surface area (Å²) in [6.07, 6.45) is 0.547. The number of halogens is 1. The lowest BCUT2D eigenvalue weighted by molar-refractivity contribution is -0.136. The molecule has 1 saturated heterocycles. The Labute approximate surface area is 214 Å². The molecule has 2 aliphatic rings. The lowest BCUT2D eigenvalue weighted by atomic mass is 9.80. The summed E-state index contributed by atoms with van der Waals surface area (Å²) < 4.78 is 14.2. The molecule has 190 valence electrons.